The molecule has 0 aliphatic carbocycles. The molecule has 0 atom stereocenters. The zero-order valence-electron chi connectivity index (χ0n) is 15.3. The van der Waals surface area contributed by atoms with Crippen LogP contribution < -0.4 is 5.73 Å². The first-order chi connectivity index (χ1) is 13.0. The van der Waals surface area contributed by atoms with E-state index in [1.807, 2.05) is 19.9 Å². The Morgan fingerprint density at radius 3 is 2.63 bits per heavy atom. The summed E-state index contributed by atoms with van der Waals surface area (Å²) in [6.45, 7) is 3.83. The largest absolute Gasteiger partial charge is 0.465 e. The lowest BCUT2D eigenvalue weighted by Crippen LogP contribution is -2.05. The molecule has 0 bridgehead atoms. The molecule has 6 nitrogen and oxygen atoms in total. The van der Waals surface area contributed by atoms with Crippen LogP contribution in [-0.4, -0.2) is 28.0 Å². The van der Waals surface area contributed by atoms with Crippen LogP contribution in [-0.2, 0) is 11.2 Å². The number of benzene rings is 1. The Kier molecular flexibility index (Phi) is 5.12. The van der Waals surface area contributed by atoms with Gasteiger partial charge in [0.1, 0.15) is 18.0 Å². The molecule has 27 heavy (non-hydrogen) atoms. The van der Waals surface area contributed by atoms with E-state index in [9.17, 15) is 9.18 Å². The highest BCUT2D eigenvalue weighted by atomic mass is 19.1. The van der Waals surface area contributed by atoms with Crippen molar-refractivity contribution in [3.63, 3.8) is 0 Å². The number of halogens is 1. The molecular weight excluding hydrogens is 347 g/mol. The summed E-state index contributed by atoms with van der Waals surface area (Å²) < 4.78 is 19.0. The van der Waals surface area contributed by atoms with Crippen LogP contribution in [0.1, 0.15) is 28.7 Å². The molecule has 0 unspecified atom stereocenters. The van der Waals surface area contributed by atoms with Gasteiger partial charge in [-0.05, 0) is 37.6 Å². The van der Waals surface area contributed by atoms with E-state index in [2.05, 4.69) is 19.7 Å². The lowest BCUT2D eigenvalue weighted by Gasteiger charge is -2.15. The SMILES string of the molecule is CCc1ncnc(-c2ccc(C(=O)OC)c(F)c2)c1-c1ccc(N)nc1C. The van der Waals surface area contributed by atoms with Gasteiger partial charge in [-0.3, -0.25) is 0 Å². The monoisotopic (exact) mass is 366 g/mol. The van der Waals surface area contributed by atoms with E-state index < -0.39 is 11.8 Å². The van der Waals surface area contributed by atoms with Gasteiger partial charge in [0.2, 0.25) is 0 Å². The van der Waals surface area contributed by atoms with Crippen molar-refractivity contribution in [2.45, 2.75) is 20.3 Å². The summed E-state index contributed by atoms with van der Waals surface area (Å²) in [6, 6.07) is 7.87. The Labute approximate surface area is 156 Å². The van der Waals surface area contributed by atoms with E-state index in [4.69, 9.17) is 5.73 Å². The minimum atomic E-state index is -0.727. The Morgan fingerprint density at radius 2 is 2.00 bits per heavy atom. The summed E-state index contributed by atoms with van der Waals surface area (Å²) in [5.74, 6) is -0.981. The summed E-state index contributed by atoms with van der Waals surface area (Å²) in [4.78, 5) is 24.7. The third-order valence-electron chi connectivity index (χ3n) is 4.29. The van der Waals surface area contributed by atoms with E-state index in [-0.39, 0.29) is 5.56 Å². The number of hydrogen-bond acceptors (Lipinski definition) is 6. The molecule has 2 N–H and O–H groups in total. The topological polar surface area (TPSA) is 91.0 Å². The third kappa shape index (κ3) is 3.48. The van der Waals surface area contributed by atoms with Gasteiger partial charge in [0.05, 0.1) is 24.1 Å². The molecule has 0 spiro atoms. The molecule has 0 aliphatic heterocycles. The van der Waals surface area contributed by atoms with Crippen LogP contribution in [0.15, 0.2) is 36.7 Å². The minimum Gasteiger partial charge on any atom is -0.465 e. The molecule has 0 aliphatic rings. The maximum absolute atomic E-state index is 14.4. The van der Waals surface area contributed by atoms with Crippen LogP contribution in [0.3, 0.4) is 0 Å². The summed E-state index contributed by atoms with van der Waals surface area (Å²) in [5.41, 5.74) is 9.88. The molecule has 2 aromatic heterocycles. The first-order valence-electron chi connectivity index (χ1n) is 8.41. The molecule has 1 aromatic carbocycles. The number of hydrogen-bond donors (Lipinski definition) is 1. The highest BCUT2D eigenvalue weighted by molar-refractivity contribution is 5.91. The Morgan fingerprint density at radius 1 is 1.22 bits per heavy atom. The first kappa shape index (κ1) is 18.4. The quantitative estimate of drug-likeness (QED) is 0.710. The zero-order valence-corrected chi connectivity index (χ0v) is 15.3. The van der Waals surface area contributed by atoms with E-state index in [0.717, 1.165) is 22.5 Å². The lowest BCUT2D eigenvalue weighted by atomic mass is 9.95. The number of rotatable bonds is 4. The van der Waals surface area contributed by atoms with Crippen molar-refractivity contribution < 1.29 is 13.9 Å². The summed E-state index contributed by atoms with van der Waals surface area (Å²) in [5, 5.41) is 0. The van der Waals surface area contributed by atoms with Crippen molar-refractivity contribution in [1.82, 2.24) is 15.0 Å². The van der Waals surface area contributed by atoms with Crippen LogP contribution in [0.4, 0.5) is 10.2 Å². The van der Waals surface area contributed by atoms with Crippen LogP contribution in [0.2, 0.25) is 0 Å². The van der Waals surface area contributed by atoms with Crippen molar-refractivity contribution in [3.8, 4) is 22.4 Å². The number of nitrogens with two attached hydrogens (primary N) is 1. The average Bonchev–Trinajstić information content (AvgIpc) is 2.67. The first-order valence-corrected chi connectivity index (χ1v) is 8.41. The molecule has 138 valence electrons. The number of pyridine rings is 1. The zero-order chi connectivity index (χ0) is 19.6. The van der Waals surface area contributed by atoms with Crippen LogP contribution in [0.5, 0.6) is 0 Å². The summed E-state index contributed by atoms with van der Waals surface area (Å²) in [7, 11) is 1.21. The normalized spacial score (nSPS) is 10.7. The van der Waals surface area contributed by atoms with Crippen molar-refractivity contribution >= 4 is 11.8 Å². The Balaban J connectivity index is 2.23. The summed E-state index contributed by atoms with van der Waals surface area (Å²) >= 11 is 0. The predicted octanol–water partition coefficient (Wildman–Crippen LogP) is 3.58. The fourth-order valence-electron chi connectivity index (χ4n) is 2.97. The fourth-order valence-corrected chi connectivity index (χ4v) is 2.97. The molecule has 0 fully saturated rings. The number of nitrogen functional groups attached to an aromatic ring is 1. The number of aryl methyl sites for hydroxylation is 2. The second-order valence-electron chi connectivity index (χ2n) is 5.95. The molecule has 0 amide bonds. The van der Waals surface area contributed by atoms with Gasteiger partial charge in [-0.15, -0.1) is 0 Å². The number of nitrogens with zero attached hydrogens (tertiary/aromatic N) is 3. The fraction of sp³-hybridized carbons (Fsp3) is 0.200. The van der Waals surface area contributed by atoms with E-state index >= 15 is 0 Å². The molecule has 0 saturated heterocycles. The van der Waals surface area contributed by atoms with Gasteiger partial charge >= 0.3 is 5.97 Å². The average molecular weight is 366 g/mol. The van der Waals surface area contributed by atoms with Crippen molar-refractivity contribution in [3.05, 3.63) is 59.4 Å². The standard InChI is InChI=1S/C20H19FN4O2/c1-4-16-18(13-7-8-17(22)25-11(13)2)19(24-10-23-16)12-5-6-14(15(21)9-12)20(26)27-3/h5-10H,4H2,1-3H3,(H2,22,25). The Hall–Kier alpha value is -3.35. The Bertz CT molecular complexity index is 1020. The lowest BCUT2D eigenvalue weighted by molar-refractivity contribution is 0.0595. The van der Waals surface area contributed by atoms with Gasteiger partial charge in [-0.25, -0.2) is 24.1 Å². The number of carbonyl (C=O) groups is 1. The second kappa shape index (κ2) is 7.49. The van der Waals surface area contributed by atoms with E-state index in [0.29, 0.717) is 23.5 Å². The van der Waals surface area contributed by atoms with Crippen molar-refractivity contribution in [2.24, 2.45) is 0 Å². The molecular formula is C20H19FN4O2. The highest BCUT2D eigenvalue weighted by Crippen LogP contribution is 2.35. The van der Waals surface area contributed by atoms with Crippen LogP contribution in [0, 0.1) is 12.7 Å². The second-order valence-corrected chi connectivity index (χ2v) is 5.95. The van der Waals surface area contributed by atoms with Gasteiger partial charge in [0, 0.05) is 22.4 Å². The van der Waals surface area contributed by atoms with Crippen LogP contribution in [0.25, 0.3) is 22.4 Å². The number of methoxy groups -OCH3 is 1. The van der Waals surface area contributed by atoms with Gasteiger partial charge in [-0.1, -0.05) is 13.0 Å². The third-order valence-corrected chi connectivity index (χ3v) is 4.29. The molecule has 0 radical (unpaired) electrons. The van der Waals surface area contributed by atoms with Gasteiger partial charge < -0.3 is 10.5 Å². The van der Waals surface area contributed by atoms with Gasteiger partial charge in [-0.2, -0.15) is 0 Å². The maximum atomic E-state index is 14.4. The number of anilines is 1. The van der Waals surface area contributed by atoms with Gasteiger partial charge in [0.25, 0.3) is 0 Å². The van der Waals surface area contributed by atoms with Crippen molar-refractivity contribution in [1.29, 1.82) is 0 Å². The van der Waals surface area contributed by atoms with E-state index in [1.165, 1.54) is 25.6 Å². The minimum absolute atomic E-state index is 0.127. The number of ether oxygens (including phenoxy) is 1. The molecule has 0 saturated carbocycles. The van der Waals surface area contributed by atoms with E-state index in [1.54, 1.807) is 12.1 Å². The van der Waals surface area contributed by atoms with Crippen molar-refractivity contribution in [2.75, 3.05) is 12.8 Å². The molecule has 2 heterocycles. The predicted molar refractivity (Wildman–Crippen MR) is 101 cm³/mol. The molecule has 3 rings (SSSR count). The highest BCUT2D eigenvalue weighted by Gasteiger charge is 2.19. The molecule has 3 aromatic rings. The van der Waals surface area contributed by atoms with Crippen LogP contribution >= 0.6 is 0 Å². The smallest absolute Gasteiger partial charge is 0.340 e. The number of aromatic nitrogens is 3. The maximum Gasteiger partial charge on any atom is 0.340 e. The molecule has 7 heteroatoms. The number of carbonyl (C=O) groups excluding carboxylic acids is 1. The summed E-state index contributed by atoms with van der Waals surface area (Å²) in [6.07, 6.45) is 2.11. The van der Waals surface area contributed by atoms with Gasteiger partial charge in [0.15, 0.2) is 0 Å². The number of esters is 1.